The first-order chi connectivity index (χ1) is 15.5. The van der Waals surface area contributed by atoms with Crippen LogP contribution in [0.2, 0.25) is 0 Å². The van der Waals surface area contributed by atoms with Gasteiger partial charge in [0.2, 0.25) is 5.82 Å². The maximum Gasteiger partial charge on any atom is 0.258 e. The van der Waals surface area contributed by atoms with E-state index >= 15 is 0 Å². The summed E-state index contributed by atoms with van der Waals surface area (Å²) < 4.78 is 11.2. The van der Waals surface area contributed by atoms with Crippen molar-refractivity contribution in [1.82, 2.24) is 20.4 Å². The molecule has 2 heterocycles. The molecule has 0 bridgehead atoms. The molecule has 166 valence electrons. The number of thiocarbonyl (C=S) groups is 1. The number of nitrogens with zero attached hydrogens (tertiary/aromatic N) is 3. The summed E-state index contributed by atoms with van der Waals surface area (Å²) in [4.78, 5) is 6.89. The molecule has 1 N–H and O–H groups in total. The van der Waals surface area contributed by atoms with E-state index in [1.54, 1.807) is 7.11 Å². The van der Waals surface area contributed by atoms with Crippen LogP contribution < -0.4 is 10.1 Å². The van der Waals surface area contributed by atoms with Crippen LogP contribution >= 0.6 is 12.2 Å². The molecule has 0 radical (unpaired) electrons. The molecule has 1 aliphatic heterocycles. The topological polar surface area (TPSA) is 63.4 Å². The predicted octanol–water partition coefficient (Wildman–Crippen LogP) is 5.52. The maximum absolute atomic E-state index is 5.80. The van der Waals surface area contributed by atoms with Gasteiger partial charge in [0.25, 0.3) is 5.89 Å². The molecular formula is C25H28N4O2S. The number of benzene rings is 2. The van der Waals surface area contributed by atoms with Crippen molar-refractivity contribution in [2.45, 2.75) is 39.7 Å². The van der Waals surface area contributed by atoms with E-state index in [4.69, 9.17) is 26.5 Å². The maximum atomic E-state index is 5.80. The van der Waals surface area contributed by atoms with E-state index in [9.17, 15) is 0 Å². The van der Waals surface area contributed by atoms with Gasteiger partial charge in [-0.05, 0) is 50.2 Å². The zero-order chi connectivity index (χ0) is 22.7. The van der Waals surface area contributed by atoms with E-state index < -0.39 is 0 Å². The lowest BCUT2D eigenvalue weighted by molar-refractivity contribution is 0.395. The van der Waals surface area contributed by atoms with E-state index in [0.717, 1.165) is 47.5 Å². The quantitative estimate of drug-likeness (QED) is 0.478. The Hall–Kier alpha value is -3.19. The van der Waals surface area contributed by atoms with Crippen LogP contribution in [0.1, 0.15) is 49.7 Å². The van der Waals surface area contributed by atoms with E-state index in [1.807, 2.05) is 42.5 Å². The first-order valence-electron chi connectivity index (χ1n) is 10.9. The van der Waals surface area contributed by atoms with E-state index in [-0.39, 0.29) is 6.04 Å². The number of unbranched alkanes of at least 4 members (excludes halogenated alkanes) is 1. The molecule has 7 heteroatoms. The highest BCUT2D eigenvalue weighted by molar-refractivity contribution is 7.80. The average molecular weight is 449 g/mol. The van der Waals surface area contributed by atoms with Crippen LogP contribution in [0, 0.1) is 6.92 Å². The molecule has 4 rings (SSSR count). The van der Waals surface area contributed by atoms with Gasteiger partial charge in [0.1, 0.15) is 5.75 Å². The fourth-order valence-corrected chi connectivity index (χ4v) is 4.21. The second-order valence-electron chi connectivity index (χ2n) is 7.95. The van der Waals surface area contributed by atoms with Crippen molar-refractivity contribution < 1.29 is 9.26 Å². The fraction of sp³-hybridized carbons (Fsp3) is 0.320. The van der Waals surface area contributed by atoms with Crippen molar-refractivity contribution in [3.63, 3.8) is 0 Å². The van der Waals surface area contributed by atoms with Crippen molar-refractivity contribution >= 4 is 22.9 Å². The highest BCUT2D eigenvalue weighted by Crippen LogP contribution is 2.38. The van der Waals surface area contributed by atoms with E-state index in [1.165, 1.54) is 5.56 Å². The van der Waals surface area contributed by atoms with Gasteiger partial charge in [0, 0.05) is 17.8 Å². The lowest BCUT2D eigenvalue weighted by Crippen LogP contribution is -2.46. The SMILES string of the molecule is CCCCN1C(=S)NC(c2cccc(OC)c2)C(c2nc(-c3ccc(C)cc3)no2)=C1C. The molecular weight excluding hydrogens is 420 g/mol. The first kappa shape index (κ1) is 22.0. The first-order valence-corrected chi connectivity index (χ1v) is 11.3. The van der Waals surface area contributed by atoms with Gasteiger partial charge in [-0.3, -0.25) is 0 Å². The molecule has 0 saturated heterocycles. The van der Waals surface area contributed by atoms with Gasteiger partial charge in [-0.1, -0.05) is 60.5 Å². The summed E-state index contributed by atoms with van der Waals surface area (Å²) in [6.45, 7) is 7.13. The van der Waals surface area contributed by atoms with Gasteiger partial charge in [0.15, 0.2) is 5.11 Å². The Morgan fingerprint density at radius 1 is 1.16 bits per heavy atom. The Labute approximate surface area is 194 Å². The van der Waals surface area contributed by atoms with Crippen LogP contribution in [0.3, 0.4) is 0 Å². The minimum absolute atomic E-state index is 0.221. The molecule has 0 fully saturated rings. The third-order valence-corrected chi connectivity index (χ3v) is 6.06. The fourth-order valence-electron chi connectivity index (χ4n) is 3.87. The Balaban J connectivity index is 1.80. The molecule has 1 atom stereocenters. The van der Waals surface area contributed by atoms with Crippen molar-refractivity contribution in [3.8, 4) is 17.1 Å². The standard InChI is InChI=1S/C25H28N4O2S/c1-5-6-14-29-17(3)21(22(26-25(29)32)19-8-7-9-20(15-19)30-4)24-27-23(28-31-24)18-12-10-16(2)11-13-18/h7-13,15,22H,5-6,14H2,1-4H3,(H,26,32). The zero-order valence-corrected chi connectivity index (χ0v) is 19.7. The van der Waals surface area contributed by atoms with E-state index in [2.05, 4.69) is 42.2 Å². The van der Waals surface area contributed by atoms with Gasteiger partial charge in [-0.15, -0.1) is 0 Å². The van der Waals surface area contributed by atoms with Crippen LogP contribution in [-0.2, 0) is 0 Å². The monoisotopic (exact) mass is 448 g/mol. The molecule has 0 saturated carbocycles. The number of nitrogens with one attached hydrogen (secondary N) is 1. The van der Waals surface area contributed by atoms with Gasteiger partial charge in [0.05, 0.1) is 18.7 Å². The summed E-state index contributed by atoms with van der Waals surface area (Å²) in [5.41, 5.74) is 5.07. The normalized spacial score (nSPS) is 16.3. The van der Waals surface area contributed by atoms with Gasteiger partial charge in [-0.25, -0.2) is 0 Å². The molecule has 0 aliphatic carbocycles. The summed E-state index contributed by atoms with van der Waals surface area (Å²) in [6.07, 6.45) is 2.12. The molecule has 1 aromatic heterocycles. The van der Waals surface area contributed by atoms with Crippen LogP contribution in [-0.4, -0.2) is 33.8 Å². The van der Waals surface area contributed by atoms with Crippen LogP contribution in [0.15, 0.2) is 58.8 Å². The molecule has 6 nitrogen and oxygen atoms in total. The summed E-state index contributed by atoms with van der Waals surface area (Å²) in [6, 6.07) is 15.8. The number of aryl methyl sites for hydroxylation is 1. The number of hydrogen-bond acceptors (Lipinski definition) is 5. The Morgan fingerprint density at radius 3 is 2.66 bits per heavy atom. The minimum atomic E-state index is -0.221. The van der Waals surface area contributed by atoms with Crippen LogP contribution in [0.5, 0.6) is 5.75 Å². The third-order valence-electron chi connectivity index (χ3n) is 5.72. The Morgan fingerprint density at radius 2 is 1.94 bits per heavy atom. The largest absolute Gasteiger partial charge is 0.497 e. The van der Waals surface area contributed by atoms with Crippen molar-refractivity contribution in [2.24, 2.45) is 0 Å². The van der Waals surface area contributed by atoms with Gasteiger partial charge < -0.3 is 19.5 Å². The van der Waals surface area contributed by atoms with Crippen molar-refractivity contribution in [1.29, 1.82) is 0 Å². The zero-order valence-electron chi connectivity index (χ0n) is 18.9. The number of allylic oxidation sites excluding steroid dienone is 1. The van der Waals surface area contributed by atoms with Crippen LogP contribution in [0.25, 0.3) is 17.0 Å². The highest BCUT2D eigenvalue weighted by atomic mass is 32.1. The number of rotatable bonds is 7. The molecule has 1 unspecified atom stereocenters. The van der Waals surface area contributed by atoms with Crippen molar-refractivity contribution in [3.05, 3.63) is 71.2 Å². The minimum Gasteiger partial charge on any atom is -0.497 e. The second kappa shape index (κ2) is 9.53. The summed E-state index contributed by atoms with van der Waals surface area (Å²) >= 11 is 5.74. The second-order valence-corrected chi connectivity index (χ2v) is 8.34. The summed E-state index contributed by atoms with van der Waals surface area (Å²) in [5, 5.41) is 8.46. The average Bonchev–Trinajstić information content (AvgIpc) is 3.28. The lowest BCUT2D eigenvalue weighted by atomic mass is 9.94. The highest BCUT2D eigenvalue weighted by Gasteiger charge is 2.34. The molecule has 32 heavy (non-hydrogen) atoms. The Kier molecular flexibility index (Phi) is 6.55. The number of hydrogen-bond donors (Lipinski definition) is 1. The predicted molar refractivity (Wildman–Crippen MR) is 130 cm³/mol. The summed E-state index contributed by atoms with van der Waals surface area (Å²) in [7, 11) is 1.67. The number of methoxy groups -OCH3 is 1. The van der Waals surface area contributed by atoms with E-state index in [0.29, 0.717) is 16.8 Å². The van der Waals surface area contributed by atoms with Crippen LogP contribution in [0.4, 0.5) is 0 Å². The number of ether oxygens (including phenoxy) is 1. The molecule has 0 spiro atoms. The number of aromatic nitrogens is 2. The Bertz CT molecular complexity index is 1140. The smallest absolute Gasteiger partial charge is 0.258 e. The molecule has 1 aliphatic rings. The van der Waals surface area contributed by atoms with Gasteiger partial charge >= 0.3 is 0 Å². The molecule has 0 amide bonds. The molecule has 3 aromatic rings. The lowest BCUT2D eigenvalue weighted by Gasteiger charge is -2.37. The third kappa shape index (κ3) is 4.39. The summed E-state index contributed by atoms with van der Waals surface area (Å²) in [5.74, 6) is 1.84. The molecule has 2 aromatic carbocycles. The van der Waals surface area contributed by atoms with Crippen molar-refractivity contribution in [2.75, 3.05) is 13.7 Å². The van der Waals surface area contributed by atoms with Gasteiger partial charge in [-0.2, -0.15) is 4.98 Å².